The van der Waals surface area contributed by atoms with E-state index in [2.05, 4.69) is 0 Å². The third kappa shape index (κ3) is 3.42. The molecule has 0 atom stereocenters. The second-order valence-corrected chi connectivity index (χ2v) is 3.20. The minimum Gasteiger partial charge on any atom is -1.00 e. The summed E-state index contributed by atoms with van der Waals surface area (Å²) in [5.74, 6) is -2.84. The van der Waals surface area contributed by atoms with Gasteiger partial charge < -0.3 is 11.6 Å². The number of benzene rings is 1. The van der Waals surface area contributed by atoms with Crippen LogP contribution >= 0.6 is 23.2 Å². The molecular formula is C8H5Cl2KO4. The Morgan fingerprint density at radius 1 is 1.00 bits per heavy atom. The quantitative estimate of drug-likeness (QED) is 0.714. The van der Waals surface area contributed by atoms with Crippen molar-refractivity contribution in [1.29, 1.82) is 0 Å². The van der Waals surface area contributed by atoms with Crippen molar-refractivity contribution in [3.05, 3.63) is 33.3 Å². The molecule has 1 aromatic carbocycles. The largest absolute Gasteiger partial charge is 1.00 e. The Morgan fingerprint density at radius 3 is 1.47 bits per heavy atom. The Kier molecular flexibility index (Phi) is 6.35. The number of carboxylic acids is 2. The van der Waals surface area contributed by atoms with E-state index in [1.165, 1.54) is 12.1 Å². The molecule has 0 fully saturated rings. The molecule has 0 saturated heterocycles. The summed E-state index contributed by atoms with van der Waals surface area (Å²) in [7, 11) is 0. The summed E-state index contributed by atoms with van der Waals surface area (Å²) >= 11 is 11.1. The predicted molar refractivity (Wildman–Crippen MR) is 51.5 cm³/mol. The van der Waals surface area contributed by atoms with Gasteiger partial charge >= 0.3 is 63.3 Å². The molecule has 7 heteroatoms. The number of hydrogen-bond donors (Lipinski definition) is 2. The van der Waals surface area contributed by atoms with Crippen molar-refractivity contribution in [3.8, 4) is 0 Å². The third-order valence-electron chi connectivity index (χ3n) is 1.53. The molecule has 0 aliphatic rings. The van der Waals surface area contributed by atoms with Crippen molar-refractivity contribution < 1.29 is 72.6 Å². The van der Waals surface area contributed by atoms with Gasteiger partial charge in [-0.15, -0.1) is 0 Å². The Bertz CT molecular complexity index is 386. The van der Waals surface area contributed by atoms with Crippen LogP contribution in [-0.2, 0) is 0 Å². The van der Waals surface area contributed by atoms with Gasteiger partial charge in [0.2, 0.25) is 0 Å². The zero-order valence-corrected chi connectivity index (χ0v) is 12.3. The molecule has 76 valence electrons. The molecule has 0 aliphatic carbocycles. The Labute approximate surface area is 139 Å². The summed E-state index contributed by atoms with van der Waals surface area (Å²) < 4.78 is 0. The summed E-state index contributed by atoms with van der Waals surface area (Å²) in [5, 5.41) is 17.1. The summed E-state index contributed by atoms with van der Waals surface area (Å²) in [6, 6.07) is 2.47. The van der Waals surface area contributed by atoms with Crippen LogP contribution in [0.25, 0.3) is 0 Å². The summed E-state index contributed by atoms with van der Waals surface area (Å²) in [5.41, 5.74) is -0.988. The van der Waals surface area contributed by atoms with Crippen molar-refractivity contribution in [2.24, 2.45) is 0 Å². The van der Waals surface area contributed by atoms with E-state index in [-0.39, 0.29) is 62.9 Å². The summed E-state index contributed by atoms with van der Waals surface area (Å²) in [6.45, 7) is 0. The summed E-state index contributed by atoms with van der Waals surface area (Å²) in [6.07, 6.45) is 0. The van der Waals surface area contributed by atoms with E-state index in [1.807, 2.05) is 0 Å². The Balaban J connectivity index is 0. The normalized spacial score (nSPS) is 9.20. The van der Waals surface area contributed by atoms with Gasteiger partial charge in [0.1, 0.15) is 0 Å². The summed E-state index contributed by atoms with van der Waals surface area (Å²) in [4.78, 5) is 21.4. The molecule has 2 N–H and O–H groups in total. The molecule has 0 aromatic heterocycles. The van der Waals surface area contributed by atoms with Crippen LogP contribution < -0.4 is 51.4 Å². The predicted octanol–water partition coefficient (Wildman–Crippen LogP) is -0.494. The molecule has 1 rings (SSSR count). The SMILES string of the molecule is O=C(O)c1c(Cl)ccc(Cl)c1C(=O)O.[H-].[K+]. The molecule has 0 unspecified atom stereocenters. The fourth-order valence-corrected chi connectivity index (χ4v) is 1.45. The van der Waals surface area contributed by atoms with Gasteiger partial charge in [-0.3, -0.25) is 0 Å². The molecule has 4 nitrogen and oxygen atoms in total. The maximum Gasteiger partial charge on any atom is 1.00 e. The van der Waals surface area contributed by atoms with Crippen LogP contribution in [0.1, 0.15) is 22.1 Å². The molecule has 15 heavy (non-hydrogen) atoms. The number of halogens is 2. The number of carbonyl (C=O) groups is 2. The standard InChI is InChI=1S/C8H4Cl2O4.K.H/c9-3-1-2-4(10)6(8(13)14)5(3)7(11)12;;/h1-2H,(H,11,12)(H,13,14);;/q;+1;-1. The van der Waals surface area contributed by atoms with E-state index < -0.39 is 23.1 Å². The van der Waals surface area contributed by atoms with E-state index in [0.29, 0.717) is 0 Å². The molecule has 0 radical (unpaired) electrons. The topological polar surface area (TPSA) is 74.6 Å². The van der Waals surface area contributed by atoms with E-state index >= 15 is 0 Å². The van der Waals surface area contributed by atoms with E-state index in [4.69, 9.17) is 33.4 Å². The fourth-order valence-electron chi connectivity index (χ4n) is 0.970. The number of hydrogen-bond acceptors (Lipinski definition) is 2. The van der Waals surface area contributed by atoms with Gasteiger partial charge in [0.05, 0.1) is 21.2 Å². The minimum atomic E-state index is -1.42. The Hall–Kier alpha value is 0.376. The van der Waals surface area contributed by atoms with Crippen LogP contribution in [0.5, 0.6) is 0 Å². The van der Waals surface area contributed by atoms with Crippen molar-refractivity contribution >= 4 is 35.1 Å². The maximum absolute atomic E-state index is 10.7. The van der Waals surface area contributed by atoms with Gasteiger partial charge in [-0.2, -0.15) is 0 Å². The van der Waals surface area contributed by atoms with Gasteiger partial charge in [0.25, 0.3) is 0 Å². The maximum atomic E-state index is 10.7. The molecule has 0 bridgehead atoms. The Morgan fingerprint density at radius 2 is 1.27 bits per heavy atom. The van der Waals surface area contributed by atoms with Crippen molar-refractivity contribution in [3.63, 3.8) is 0 Å². The molecule has 1 aromatic rings. The average Bonchev–Trinajstić information content (AvgIpc) is 2.07. The van der Waals surface area contributed by atoms with Crippen molar-refractivity contribution in [2.45, 2.75) is 0 Å². The monoisotopic (exact) mass is 274 g/mol. The van der Waals surface area contributed by atoms with Crippen LogP contribution in [0.15, 0.2) is 12.1 Å². The zero-order valence-electron chi connectivity index (χ0n) is 8.62. The minimum absolute atomic E-state index is 0. The van der Waals surface area contributed by atoms with Gasteiger partial charge in [0.15, 0.2) is 0 Å². The van der Waals surface area contributed by atoms with Crippen molar-refractivity contribution in [2.75, 3.05) is 0 Å². The molecule has 0 saturated carbocycles. The van der Waals surface area contributed by atoms with Gasteiger partial charge in [-0.05, 0) is 12.1 Å². The first-order valence-electron chi connectivity index (χ1n) is 3.39. The van der Waals surface area contributed by atoms with Crippen LogP contribution in [-0.4, -0.2) is 22.2 Å². The van der Waals surface area contributed by atoms with Crippen LogP contribution in [0.2, 0.25) is 10.0 Å². The second-order valence-electron chi connectivity index (χ2n) is 2.39. The van der Waals surface area contributed by atoms with Gasteiger partial charge in [-0.1, -0.05) is 23.2 Å². The van der Waals surface area contributed by atoms with Gasteiger partial charge in [-0.25, -0.2) is 9.59 Å². The van der Waals surface area contributed by atoms with E-state index in [1.54, 1.807) is 0 Å². The molecule has 0 spiro atoms. The van der Waals surface area contributed by atoms with E-state index in [9.17, 15) is 9.59 Å². The van der Waals surface area contributed by atoms with Crippen LogP contribution in [0.4, 0.5) is 0 Å². The van der Waals surface area contributed by atoms with Crippen LogP contribution in [0, 0.1) is 0 Å². The second kappa shape index (κ2) is 6.20. The van der Waals surface area contributed by atoms with Crippen molar-refractivity contribution in [1.82, 2.24) is 0 Å². The molecular weight excluding hydrogens is 270 g/mol. The smallest absolute Gasteiger partial charge is 1.00 e. The zero-order chi connectivity index (χ0) is 10.9. The molecule has 0 amide bonds. The molecule has 0 heterocycles. The first kappa shape index (κ1) is 15.4. The first-order chi connectivity index (χ1) is 6.45. The number of aromatic carboxylic acids is 2. The number of carboxylic acid groups (broad SMARTS) is 2. The average molecular weight is 275 g/mol. The fraction of sp³-hybridized carbons (Fsp3) is 0. The molecule has 0 aliphatic heterocycles. The third-order valence-corrected chi connectivity index (χ3v) is 2.16. The van der Waals surface area contributed by atoms with Crippen LogP contribution in [0.3, 0.4) is 0 Å². The first-order valence-corrected chi connectivity index (χ1v) is 4.15. The van der Waals surface area contributed by atoms with Gasteiger partial charge in [0, 0.05) is 0 Å². The van der Waals surface area contributed by atoms with E-state index in [0.717, 1.165) is 0 Å². The number of rotatable bonds is 2.